The summed E-state index contributed by atoms with van der Waals surface area (Å²) in [5.74, 6) is -1.76. The highest BCUT2D eigenvalue weighted by Crippen LogP contribution is 2.36. The molecule has 0 aliphatic heterocycles. The zero-order valence-electron chi connectivity index (χ0n) is 10.1. The van der Waals surface area contributed by atoms with Gasteiger partial charge in [0.15, 0.2) is 0 Å². The normalized spacial score (nSPS) is 15.8. The molecule has 0 bridgehead atoms. The van der Waals surface area contributed by atoms with Gasteiger partial charge in [-0.2, -0.15) is 13.2 Å². The maximum absolute atomic E-state index is 13.1. The van der Waals surface area contributed by atoms with Crippen molar-refractivity contribution in [3.05, 3.63) is 35.1 Å². The predicted molar refractivity (Wildman–Crippen MR) is 59.2 cm³/mol. The first kappa shape index (κ1) is 14.9. The first-order chi connectivity index (χ1) is 8.13. The van der Waals surface area contributed by atoms with Gasteiger partial charge in [0.25, 0.3) is 0 Å². The number of alkyl halides is 3. The molecule has 3 N–H and O–H groups in total. The molecule has 0 aliphatic carbocycles. The summed E-state index contributed by atoms with van der Waals surface area (Å²) in [6, 6.07) is 2.43. The molecule has 1 atom stereocenters. The van der Waals surface area contributed by atoms with E-state index in [-0.39, 0.29) is 12.1 Å². The van der Waals surface area contributed by atoms with E-state index in [0.29, 0.717) is 12.1 Å². The van der Waals surface area contributed by atoms with E-state index in [1.807, 2.05) is 0 Å². The number of nitrogens with two attached hydrogens (primary N) is 1. The molecule has 0 amide bonds. The van der Waals surface area contributed by atoms with Crippen molar-refractivity contribution in [2.75, 3.05) is 6.54 Å². The Balaban J connectivity index is 3.36. The van der Waals surface area contributed by atoms with Crippen molar-refractivity contribution in [3.8, 4) is 0 Å². The number of rotatable bonds is 3. The molecule has 1 aromatic rings. The average Bonchev–Trinajstić information content (AvgIpc) is 2.26. The monoisotopic (exact) mass is 265 g/mol. The van der Waals surface area contributed by atoms with Crippen molar-refractivity contribution in [1.82, 2.24) is 0 Å². The molecule has 0 radical (unpaired) electrons. The third kappa shape index (κ3) is 2.64. The second-order valence-electron chi connectivity index (χ2n) is 4.48. The lowest BCUT2D eigenvalue weighted by Crippen LogP contribution is -2.40. The lowest BCUT2D eigenvalue weighted by molar-refractivity contribution is -0.140. The van der Waals surface area contributed by atoms with Crippen LogP contribution in [-0.4, -0.2) is 11.7 Å². The molecule has 0 saturated carbocycles. The van der Waals surface area contributed by atoms with Crippen LogP contribution in [0.2, 0.25) is 0 Å². The van der Waals surface area contributed by atoms with Gasteiger partial charge in [0, 0.05) is 6.54 Å². The third-order valence-electron chi connectivity index (χ3n) is 3.04. The van der Waals surface area contributed by atoms with Crippen molar-refractivity contribution in [3.63, 3.8) is 0 Å². The number of hydrogen-bond donors (Lipinski definition) is 2. The Kier molecular flexibility index (Phi) is 4.02. The van der Waals surface area contributed by atoms with Gasteiger partial charge in [-0.15, -0.1) is 0 Å². The Morgan fingerprint density at radius 1 is 1.28 bits per heavy atom. The summed E-state index contributed by atoms with van der Waals surface area (Å²) in [5.41, 5.74) is 2.38. The molecule has 0 heterocycles. The Hall–Kier alpha value is -1.14. The minimum Gasteiger partial charge on any atom is -0.384 e. The van der Waals surface area contributed by atoms with Crippen LogP contribution in [0.25, 0.3) is 0 Å². The van der Waals surface area contributed by atoms with E-state index in [9.17, 15) is 22.7 Å². The first-order valence-electron chi connectivity index (χ1n) is 5.42. The van der Waals surface area contributed by atoms with Crippen LogP contribution in [0, 0.1) is 11.7 Å². The van der Waals surface area contributed by atoms with Gasteiger partial charge in [0.2, 0.25) is 0 Å². The predicted octanol–water partition coefficient (Wildman–Crippen LogP) is 2.65. The SMILES string of the molecule is CC(C)C(O)(CN)c1ccc(F)c(C(F)(F)F)c1. The van der Waals surface area contributed by atoms with Crippen LogP contribution in [0.5, 0.6) is 0 Å². The number of aliphatic hydroxyl groups is 1. The molecule has 1 unspecified atom stereocenters. The lowest BCUT2D eigenvalue weighted by Gasteiger charge is -2.31. The lowest BCUT2D eigenvalue weighted by atomic mass is 9.83. The molecule has 102 valence electrons. The average molecular weight is 265 g/mol. The molecule has 1 rings (SSSR count). The quantitative estimate of drug-likeness (QED) is 0.825. The largest absolute Gasteiger partial charge is 0.419 e. The fourth-order valence-corrected chi connectivity index (χ4v) is 1.70. The molecule has 0 aliphatic rings. The Morgan fingerprint density at radius 3 is 2.22 bits per heavy atom. The van der Waals surface area contributed by atoms with E-state index in [1.165, 1.54) is 0 Å². The smallest absolute Gasteiger partial charge is 0.384 e. The highest BCUT2D eigenvalue weighted by Gasteiger charge is 2.38. The molecule has 1 aromatic carbocycles. The van der Waals surface area contributed by atoms with Gasteiger partial charge in [-0.25, -0.2) is 4.39 Å². The molecule has 18 heavy (non-hydrogen) atoms. The highest BCUT2D eigenvalue weighted by atomic mass is 19.4. The van der Waals surface area contributed by atoms with Crippen molar-refractivity contribution >= 4 is 0 Å². The van der Waals surface area contributed by atoms with Crippen LogP contribution in [-0.2, 0) is 11.8 Å². The molecule has 2 nitrogen and oxygen atoms in total. The second-order valence-corrected chi connectivity index (χ2v) is 4.48. The molecule has 0 spiro atoms. The summed E-state index contributed by atoms with van der Waals surface area (Å²) in [6.45, 7) is 3.01. The number of hydrogen-bond acceptors (Lipinski definition) is 2. The second kappa shape index (κ2) is 4.85. The van der Waals surface area contributed by atoms with Crippen LogP contribution in [0.1, 0.15) is 25.0 Å². The molecule has 6 heteroatoms. The summed E-state index contributed by atoms with van der Waals surface area (Å²) in [5, 5.41) is 10.2. The van der Waals surface area contributed by atoms with Crippen molar-refractivity contribution in [2.45, 2.75) is 25.6 Å². The van der Waals surface area contributed by atoms with Crippen molar-refractivity contribution < 1.29 is 22.7 Å². The maximum Gasteiger partial charge on any atom is 0.419 e. The van der Waals surface area contributed by atoms with Crippen LogP contribution >= 0.6 is 0 Å². The summed E-state index contributed by atoms with van der Waals surface area (Å²) in [4.78, 5) is 0. The van der Waals surface area contributed by atoms with Gasteiger partial charge in [-0.05, 0) is 23.6 Å². The topological polar surface area (TPSA) is 46.2 Å². The van der Waals surface area contributed by atoms with Gasteiger partial charge < -0.3 is 10.8 Å². The molecule has 0 aromatic heterocycles. The molecular formula is C12H15F4NO. The summed E-state index contributed by atoms with van der Waals surface area (Å²) in [7, 11) is 0. The Labute approximate surface area is 102 Å². The highest BCUT2D eigenvalue weighted by molar-refractivity contribution is 5.32. The molecule has 0 fully saturated rings. The Bertz CT molecular complexity index is 431. The summed E-state index contributed by atoms with van der Waals surface area (Å²) < 4.78 is 50.8. The van der Waals surface area contributed by atoms with Gasteiger partial charge in [-0.3, -0.25) is 0 Å². The summed E-state index contributed by atoms with van der Waals surface area (Å²) in [6.07, 6.45) is -4.80. The van der Waals surface area contributed by atoms with Gasteiger partial charge >= 0.3 is 6.18 Å². The van der Waals surface area contributed by atoms with E-state index in [0.717, 1.165) is 6.07 Å². The van der Waals surface area contributed by atoms with Crippen molar-refractivity contribution in [2.24, 2.45) is 11.7 Å². The van der Waals surface area contributed by atoms with Crippen LogP contribution in [0.3, 0.4) is 0 Å². The minimum absolute atomic E-state index is 0.0336. The zero-order chi connectivity index (χ0) is 14.1. The van der Waals surface area contributed by atoms with Gasteiger partial charge in [0.1, 0.15) is 11.4 Å². The van der Waals surface area contributed by atoms with Crippen LogP contribution in [0.15, 0.2) is 18.2 Å². The zero-order valence-corrected chi connectivity index (χ0v) is 10.1. The van der Waals surface area contributed by atoms with E-state index >= 15 is 0 Å². The maximum atomic E-state index is 13.1. The van der Waals surface area contributed by atoms with Crippen LogP contribution < -0.4 is 5.73 Å². The van der Waals surface area contributed by atoms with E-state index in [2.05, 4.69) is 0 Å². The van der Waals surface area contributed by atoms with Crippen LogP contribution in [0.4, 0.5) is 17.6 Å². The van der Waals surface area contributed by atoms with E-state index in [1.54, 1.807) is 13.8 Å². The number of halogens is 4. The van der Waals surface area contributed by atoms with E-state index in [4.69, 9.17) is 5.73 Å². The van der Waals surface area contributed by atoms with E-state index < -0.39 is 29.1 Å². The first-order valence-corrected chi connectivity index (χ1v) is 5.42. The Morgan fingerprint density at radius 2 is 1.83 bits per heavy atom. The minimum atomic E-state index is -4.80. The molecular weight excluding hydrogens is 250 g/mol. The van der Waals surface area contributed by atoms with Crippen molar-refractivity contribution in [1.29, 1.82) is 0 Å². The van der Waals surface area contributed by atoms with Gasteiger partial charge in [-0.1, -0.05) is 19.9 Å². The fraction of sp³-hybridized carbons (Fsp3) is 0.500. The third-order valence-corrected chi connectivity index (χ3v) is 3.04. The standard InChI is InChI=1S/C12H15F4NO/c1-7(2)11(18,6-17)8-3-4-10(13)9(5-8)12(14,15)16/h3-5,7,18H,6,17H2,1-2H3. The molecule has 0 saturated heterocycles. The van der Waals surface area contributed by atoms with Gasteiger partial charge in [0.05, 0.1) is 5.56 Å². The number of benzene rings is 1. The summed E-state index contributed by atoms with van der Waals surface area (Å²) >= 11 is 0. The fourth-order valence-electron chi connectivity index (χ4n) is 1.70.